The fourth-order valence-electron chi connectivity index (χ4n) is 3.36. The molecule has 162 valence electrons. The molecule has 0 atom stereocenters. The lowest BCUT2D eigenvalue weighted by Crippen LogP contribution is -2.31. The van der Waals surface area contributed by atoms with Crippen molar-refractivity contribution in [2.24, 2.45) is 0 Å². The Labute approximate surface area is 185 Å². The van der Waals surface area contributed by atoms with Gasteiger partial charge < -0.3 is 19.9 Å². The number of hydrogen-bond donors (Lipinski definition) is 2. The molecule has 32 heavy (non-hydrogen) atoms. The summed E-state index contributed by atoms with van der Waals surface area (Å²) in [7, 11) is 1.32. The number of carbonyl (C=O) groups is 2. The highest BCUT2D eigenvalue weighted by Crippen LogP contribution is 2.23. The summed E-state index contributed by atoms with van der Waals surface area (Å²) in [5, 5.41) is 5.61. The smallest absolute Gasteiger partial charge is 0.337 e. The summed E-state index contributed by atoms with van der Waals surface area (Å²) in [4.78, 5) is 33.0. The minimum Gasteiger partial charge on any atom is -0.465 e. The van der Waals surface area contributed by atoms with Gasteiger partial charge in [0.25, 0.3) is 0 Å². The Kier molecular flexibility index (Phi) is 6.12. The molecule has 0 radical (unpaired) electrons. The fraction of sp³-hybridized carbons (Fsp3) is 0.167. The van der Waals surface area contributed by atoms with Crippen molar-refractivity contribution in [2.45, 2.75) is 13.5 Å². The van der Waals surface area contributed by atoms with Gasteiger partial charge in [-0.05, 0) is 43.3 Å². The minimum absolute atomic E-state index is 0.343. The number of anilines is 1. The second kappa shape index (κ2) is 9.30. The van der Waals surface area contributed by atoms with Crippen LogP contribution in [0.3, 0.4) is 0 Å². The van der Waals surface area contributed by atoms with Gasteiger partial charge in [-0.2, -0.15) is 0 Å². The minimum atomic E-state index is -0.424. The van der Waals surface area contributed by atoms with Crippen LogP contribution in [0, 0.1) is 6.92 Å². The first-order valence-electron chi connectivity index (χ1n) is 10.2. The van der Waals surface area contributed by atoms with Crippen LogP contribution in [0.2, 0.25) is 0 Å². The zero-order valence-electron chi connectivity index (χ0n) is 17.8. The van der Waals surface area contributed by atoms with E-state index in [4.69, 9.17) is 4.98 Å². The molecular formula is C24H23N5O3. The van der Waals surface area contributed by atoms with E-state index in [1.807, 2.05) is 47.9 Å². The van der Waals surface area contributed by atoms with Crippen molar-refractivity contribution in [2.75, 3.05) is 19.0 Å². The molecule has 2 aromatic carbocycles. The lowest BCUT2D eigenvalue weighted by Gasteiger charge is -2.11. The summed E-state index contributed by atoms with van der Waals surface area (Å²) in [6, 6.07) is 18.1. The van der Waals surface area contributed by atoms with Crippen LogP contribution in [0.15, 0.2) is 66.9 Å². The van der Waals surface area contributed by atoms with Crippen LogP contribution in [-0.2, 0) is 11.3 Å². The molecule has 2 heterocycles. The summed E-state index contributed by atoms with van der Waals surface area (Å²) in [6.07, 6.45) is 1.73. The van der Waals surface area contributed by atoms with Gasteiger partial charge in [0.15, 0.2) is 5.65 Å². The maximum atomic E-state index is 12.3. The van der Waals surface area contributed by atoms with Crippen LogP contribution in [0.25, 0.3) is 22.6 Å². The van der Waals surface area contributed by atoms with Crippen molar-refractivity contribution in [3.63, 3.8) is 0 Å². The Morgan fingerprint density at radius 2 is 1.78 bits per heavy atom. The van der Waals surface area contributed by atoms with Crippen LogP contribution >= 0.6 is 0 Å². The van der Waals surface area contributed by atoms with E-state index in [2.05, 4.69) is 20.4 Å². The van der Waals surface area contributed by atoms with Gasteiger partial charge in [0.2, 0.25) is 0 Å². The molecular weight excluding hydrogens is 406 g/mol. The van der Waals surface area contributed by atoms with Crippen molar-refractivity contribution in [3.8, 4) is 11.4 Å². The predicted molar refractivity (Wildman–Crippen MR) is 123 cm³/mol. The standard InChI is InChI=1S/C24H23N5O3/c1-16-5-7-17(8-6-16)21-28-20-4-3-13-25-22(20)29(21)15-14-26-24(31)27-19-11-9-18(10-12-19)23(30)32-2/h3-13H,14-15H2,1-2H3,(H2,26,27,31). The summed E-state index contributed by atoms with van der Waals surface area (Å²) in [5.74, 6) is 0.380. The number of pyridine rings is 1. The van der Waals surface area contributed by atoms with Gasteiger partial charge in [-0.1, -0.05) is 29.8 Å². The van der Waals surface area contributed by atoms with Gasteiger partial charge in [-0.25, -0.2) is 19.6 Å². The third-order valence-corrected chi connectivity index (χ3v) is 5.00. The van der Waals surface area contributed by atoms with Gasteiger partial charge in [-0.3, -0.25) is 0 Å². The Hall–Kier alpha value is -4.20. The highest BCUT2D eigenvalue weighted by Gasteiger charge is 2.14. The maximum Gasteiger partial charge on any atom is 0.337 e. The molecule has 0 aliphatic carbocycles. The number of ether oxygens (including phenoxy) is 1. The largest absolute Gasteiger partial charge is 0.465 e. The van der Waals surface area contributed by atoms with Crippen LogP contribution in [0.1, 0.15) is 15.9 Å². The second-order valence-electron chi connectivity index (χ2n) is 7.25. The van der Waals surface area contributed by atoms with Crippen LogP contribution in [-0.4, -0.2) is 40.2 Å². The molecule has 0 spiro atoms. The topological polar surface area (TPSA) is 98.1 Å². The molecule has 0 saturated heterocycles. The molecule has 0 unspecified atom stereocenters. The molecule has 2 amide bonds. The molecule has 0 aliphatic rings. The molecule has 4 rings (SSSR count). The predicted octanol–water partition coefficient (Wildman–Crippen LogP) is 4.02. The Morgan fingerprint density at radius 1 is 1.03 bits per heavy atom. The van der Waals surface area contributed by atoms with Gasteiger partial charge in [0, 0.05) is 30.5 Å². The van der Waals surface area contributed by atoms with E-state index in [-0.39, 0.29) is 6.03 Å². The van der Waals surface area contributed by atoms with Gasteiger partial charge in [-0.15, -0.1) is 0 Å². The van der Waals surface area contributed by atoms with E-state index in [0.717, 1.165) is 22.6 Å². The fourth-order valence-corrected chi connectivity index (χ4v) is 3.36. The molecule has 0 fully saturated rings. The molecule has 4 aromatic rings. The van der Waals surface area contributed by atoms with Crippen molar-refractivity contribution in [1.82, 2.24) is 19.9 Å². The Bertz CT molecular complexity index is 1250. The van der Waals surface area contributed by atoms with Crippen LogP contribution in [0.4, 0.5) is 10.5 Å². The summed E-state index contributed by atoms with van der Waals surface area (Å²) >= 11 is 0. The summed E-state index contributed by atoms with van der Waals surface area (Å²) in [5.41, 5.74) is 4.73. The Morgan fingerprint density at radius 3 is 2.50 bits per heavy atom. The number of fused-ring (bicyclic) bond motifs is 1. The zero-order valence-corrected chi connectivity index (χ0v) is 17.8. The van der Waals surface area contributed by atoms with E-state index in [9.17, 15) is 9.59 Å². The number of hydrogen-bond acceptors (Lipinski definition) is 5. The number of carbonyl (C=O) groups excluding carboxylic acids is 2. The highest BCUT2D eigenvalue weighted by molar-refractivity contribution is 5.92. The molecule has 2 N–H and O–H groups in total. The average molecular weight is 429 g/mol. The zero-order chi connectivity index (χ0) is 22.5. The van der Waals surface area contributed by atoms with E-state index in [1.54, 1.807) is 30.5 Å². The number of urea groups is 1. The van der Waals surface area contributed by atoms with Crippen molar-refractivity contribution >= 4 is 28.9 Å². The van der Waals surface area contributed by atoms with E-state index < -0.39 is 5.97 Å². The normalized spacial score (nSPS) is 10.7. The first kappa shape index (κ1) is 21.0. The second-order valence-corrected chi connectivity index (χ2v) is 7.25. The summed E-state index contributed by atoms with van der Waals surface area (Å²) in [6.45, 7) is 2.93. The van der Waals surface area contributed by atoms with Gasteiger partial charge >= 0.3 is 12.0 Å². The van der Waals surface area contributed by atoms with Crippen molar-refractivity contribution in [3.05, 3.63) is 78.0 Å². The van der Waals surface area contributed by atoms with E-state index in [0.29, 0.717) is 24.3 Å². The SMILES string of the molecule is COC(=O)c1ccc(NC(=O)NCCn2c(-c3ccc(C)cc3)nc3cccnc32)cc1. The molecule has 0 aliphatic heterocycles. The van der Waals surface area contributed by atoms with Crippen molar-refractivity contribution in [1.29, 1.82) is 0 Å². The molecule has 8 nitrogen and oxygen atoms in total. The molecule has 8 heteroatoms. The molecule has 0 bridgehead atoms. The van der Waals surface area contributed by atoms with Crippen LogP contribution < -0.4 is 10.6 Å². The number of rotatable bonds is 6. The number of aromatic nitrogens is 3. The number of aryl methyl sites for hydroxylation is 1. The van der Waals surface area contributed by atoms with E-state index in [1.165, 1.54) is 12.7 Å². The lowest BCUT2D eigenvalue weighted by atomic mass is 10.1. The lowest BCUT2D eigenvalue weighted by molar-refractivity contribution is 0.0600. The number of esters is 1. The quantitative estimate of drug-likeness (QED) is 0.451. The first-order valence-corrected chi connectivity index (χ1v) is 10.2. The number of imidazole rings is 1. The number of amides is 2. The van der Waals surface area contributed by atoms with Gasteiger partial charge in [0.05, 0.1) is 12.7 Å². The molecule has 0 saturated carbocycles. The average Bonchev–Trinajstić information content (AvgIpc) is 3.18. The third-order valence-electron chi connectivity index (χ3n) is 5.00. The summed E-state index contributed by atoms with van der Waals surface area (Å²) < 4.78 is 6.68. The third kappa shape index (κ3) is 4.59. The Balaban J connectivity index is 1.44. The van der Waals surface area contributed by atoms with Gasteiger partial charge in [0.1, 0.15) is 11.3 Å². The van der Waals surface area contributed by atoms with E-state index >= 15 is 0 Å². The first-order chi connectivity index (χ1) is 15.5. The maximum absolute atomic E-state index is 12.3. The highest BCUT2D eigenvalue weighted by atomic mass is 16.5. The van der Waals surface area contributed by atoms with Crippen LogP contribution in [0.5, 0.6) is 0 Å². The van der Waals surface area contributed by atoms with Crippen molar-refractivity contribution < 1.29 is 14.3 Å². The number of nitrogens with zero attached hydrogens (tertiary/aromatic N) is 3. The number of nitrogens with one attached hydrogen (secondary N) is 2. The monoisotopic (exact) mass is 429 g/mol. The number of benzene rings is 2. The number of methoxy groups -OCH3 is 1. The molecule has 2 aromatic heterocycles.